The average molecular weight is 385 g/mol. The molecule has 0 radical (unpaired) electrons. The first-order valence-electron chi connectivity index (χ1n) is 10.7. The first kappa shape index (κ1) is 14.1. The molecule has 1 saturated carbocycles. The van der Waals surface area contributed by atoms with E-state index in [1.165, 1.54) is 48.5 Å². The first-order chi connectivity index (χ1) is 12.6. The molecule has 0 N–H and O–H groups in total. The van der Waals surface area contributed by atoms with Gasteiger partial charge in [-0.1, -0.05) is 0 Å². The van der Waals surface area contributed by atoms with Crippen LogP contribution in [0, 0.1) is 12.8 Å². The number of pyridine rings is 1. The van der Waals surface area contributed by atoms with Gasteiger partial charge in [0, 0.05) is 0 Å². The Morgan fingerprint density at radius 2 is 1.79 bits per heavy atom. The predicted octanol–water partition coefficient (Wildman–Crippen LogP) is 5.73. The second kappa shape index (κ2) is 7.43. The van der Waals surface area contributed by atoms with Gasteiger partial charge in [-0.3, -0.25) is 0 Å². The van der Waals surface area contributed by atoms with Gasteiger partial charge in [0.15, 0.2) is 0 Å². The summed E-state index contributed by atoms with van der Waals surface area (Å²) >= 11 is -1.99. The zero-order valence-corrected chi connectivity index (χ0v) is 17.3. The van der Waals surface area contributed by atoms with E-state index in [2.05, 4.69) is 29.5 Å². The van der Waals surface area contributed by atoms with Gasteiger partial charge in [-0.05, 0) is 0 Å². The van der Waals surface area contributed by atoms with Crippen molar-refractivity contribution >= 4 is 17.7 Å². The van der Waals surface area contributed by atoms with Crippen molar-refractivity contribution in [2.45, 2.75) is 62.6 Å². The van der Waals surface area contributed by atoms with Crippen LogP contribution in [0.2, 0.25) is 17.3 Å². The van der Waals surface area contributed by atoms with Crippen LogP contribution in [0.25, 0.3) is 11.3 Å². The molecular formula is C22H31GeN. The van der Waals surface area contributed by atoms with Gasteiger partial charge in [0.25, 0.3) is 0 Å². The van der Waals surface area contributed by atoms with Crippen LogP contribution in [0.1, 0.15) is 47.3 Å². The van der Waals surface area contributed by atoms with Gasteiger partial charge in [0.05, 0.1) is 0 Å². The summed E-state index contributed by atoms with van der Waals surface area (Å²) < 4.78 is 24.2. The third-order valence-corrected chi connectivity index (χ3v) is 9.55. The molecule has 1 aromatic heterocycles. The van der Waals surface area contributed by atoms with Crippen LogP contribution in [0.15, 0.2) is 36.5 Å². The fourth-order valence-electron chi connectivity index (χ4n) is 3.84. The molecule has 1 aliphatic rings. The number of benzene rings is 1. The molecule has 2 heteroatoms. The second-order valence-electron chi connectivity index (χ2n) is 8.26. The average Bonchev–Trinajstić information content (AvgIpc) is 2.61. The van der Waals surface area contributed by atoms with Gasteiger partial charge in [0.1, 0.15) is 0 Å². The van der Waals surface area contributed by atoms with Gasteiger partial charge in [-0.2, -0.15) is 0 Å². The molecule has 2 aromatic rings. The Morgan fingerprint density at radius 3 is 2.42 bits per heavy atom. The van der Waals surface area contributed by atoms with Crippen molar-refractivity contribution in [2.24, 2.45) is 5.92 Å². The Labute approximate surface area is 154 Å². The number of rotatable bonds is 4. The van der Waals surface area contributed by atoms with Crippen LogP contribution >= 0.6 is 0 Å². The van der Waals surface area contributed by atoms with Gasteiger partial charge in [0.2, 0.25) is 0 Å². The number of hydrogen-bond acceptors (Lipinski definition) is 1. The van der Waals surface area contributed by atoms with E-state index >= 15 is 0 Å². The normalized spacial score (nSPS) is 18.7. The van der Waals surface area contributed by atoms with Crippen LogP contribution in [0.4, 0.5) is 0 Å². The van der Waals surface area contributed by atoms with Crippen molar-refractivity contribution in [3.8, 4) is 11.3 Å². The van der Waals surface area contributed by atoms with E-state index in [9.17, 15) is 0 Å². The fraction of sp³-hybridized carbons (Fsp3) is 0.500. The maximum atomic E-state index is 7.55. The molecule has 128 valence electrons. The van der Waals surface area contributed by atoms with Crippen LogP contribution in [-0.4, -0.2) is 18.3 Å². The monoisotopic (exact) mass is 386 g/mol. The van der Waals surface area contributed by atoms with Crippen molar-refractivity contribution < 1.29 is 4.11 Å². The van der Waals surface area contributed by atoms with Crippen molar-refractivity contribution in [2.75, 3.05) is 0 Å². The van der Waals surface area contributed by atoms with E-state index in [0.717, 1.165) is 17.2 Å². The van der Waals surface area contributed by atoms with Crippen molar-refractivity contribution in [3.05, 3.63) is 47.7 Å². The van der Waals surface area contributed by atoms with Crippen LogP contribution in [-0.2, 0) is 6.42 Å². The number of hydrogen-bond donors (Lipinski definition) is 0. The Kier molecular flexibility index (Phi) is 4.37. The molecule has 1 aliphatic carbocycles. The van der Waals surface area contributed by atoms with E-state index in [4.69, 9.17) is 9.10 Å². The Morgan fingerprint density at radius 1 is 1.08 bits per heavy atom. The SMILES string of the molecule is [2H]C([2H])([2H])c1ccc(-c2cc(CC3CCCCC3)[c]([Ge]([CH3])([CH3])[CH3])cn2)cc1. The molecule has 0 atom stereocenters. The summed E-state index contributed by atoms with van der Waals surface area (Å²) in [4.78, 5) is 4.77. The van der Waals surface area contributed by atoms with E-state index in [1.807, 2.05) is 12.1 Å². The summed E-state index contributed by atoms with van der Waals surface area (Å²) in [6.45, 7) is -2.05. The number of aromatic nitrogens is 1. The van der Waals surface area contributed by atoms with Crippen LogP contribution < -0.4 is 4.40 Å². The zero-order chi connectivity index (χ0) is 19.7. The number of nitrogens with zero attached hydrogens (tertiary/aromatic N) is 1. The summed E-state index contributed by atoms with van der Waals surface area (Å²) in [5.74, 6) is 8.11. The molecule has 0 bridgehead atoms. The van der Waals surface area contributed by atoms with E-state index in [0.29, 0.717) is 5.56 Å². The topological polar surface area (TPSA) is 12.9 Å². The van der Waals surface area contributed by atoms with Gasteiger partial charge in [-0.15, -0.1) is 0 Å². The molecule has 1 heterocycles. The third kappa shape index (κ3) is 4.30. The molecule has 0 aliphatic heterocycles. The predicted molar refractivity (Wildman–Crippen MR) is 108 cm³/mol. The third-order valence-electron chi connectivity index (χ3n) is 5.21. The summed E-state index contributed by atoms with van der Waals surface area (Å²) in [7, 11) is 0. The minimum atomic E-state index is -2.05. The summed E-state index contributed by atoms with van der Waals surface area (Å²) in [6.07, 6.45) is 10.1. The molecule has 1 fully saturated rings. The van der Waals surface area contributed by atoms with E-state index in [-0.39, 0.29) is 0 Å². The molecule has 3 rings (SSSR count). The Hall–Kier alpha value is -1.09. The standard InChI is InChI=1S/C22H31GeN/c1-17-10-12-19(13-11-17)22-15-20(14-18-8-6-5-7-9-18)21(16-24-22)23(2,3)4/h10-13,15-16,18H,5-9,14H2,1-4H3/i1D3. The summed E-state index contributed by atoms with van der Waals surface area (Å²) in [6, 6.07) is 9.49. The molecule has 1 nitrogen and oxygen atoms in total. The summed E-state index contributed by atoms with van der Waals surface area (Å²) in [5.41, 5.74) is 3.84. The molecule has 1 aromatic carbocycles. The summed E-state index contributed by atoms with van der Waals surface area (Å²) in [5, 5.41) is 0. The first-order valence-corrected chi connectivity index (χ1v) is 16.6. The van der Waals surface area contributed by atoms with Crippen LogP contribution in [0.3, 0.4) is 0 Å². The Balaban J connectivity index is 1.93. The van der Waals surface area contributed by atoms with Crippen molar-refractivity contribution in [1.82, 2.24) is 4.98 Å². The zero-order valence-electron chi connectivity index (χ0n) is 18.2. The molecule has 0 spiro atoms. The number of aryl methyl sites for hydroxylation is 1. The molecular weight excluding hydrogens is 351 g/mol. The Bertz CT molecular complexity index is 770. The van der Waals surface area contributed by atoms with Crippen molar-refractivity contribution in [1.29, 1.82) is 0 Å². The second-order valence-corrected chi connectivity index (χ2v) is 18.8. The molecule has 0 unspecified atom stereocenters. The van der Waals surface area contributed by atoms with E-state index < -0.39 is 20.1 Å². The molecule has 0 saturated heterocycles. The minimum absolute atomic E-state index is 0.384. The van der Waals surface area contributed by atoms with Gasteiger partial charge >= 0.3 is 154 Å². The quantitative estimate of drug-likeness (QED) is 0.613. The van der Waals surface area contributed by atoms with Gasteiger partial charge in [-0.25, -0.2) is 0 Å². The molecule has 0 amide bonds. The van der Waals surface area contributed by atoms with Gasteiger partial charge < -0.3 is 0 Å². The fourth-order valence-corrected chi connectivity index (χ4v) is 7.18. The van der Waals surface area contributed by atoms with E-state index in [1.54, 1.807) is 12.1 Å². The van der Waals surface area contributed by atoms with Crippen molar-refractivity contribution in [3.63, 3.8) is 0 Å². The maximum absolute atomic E-state index is 7.55. The van der Waals surface area contributed by atoms with Crippen LogP contribution in [0.5, 0.6) is 0 Å². The molecule has 24 heavy (non-hydrogen) atoms.